The van der Waals surface area contributed by atoms with Crippen LogP contribution >= 0.6 is 0 Å². The molecule has 0 saturated carbocycles. The first-order chi connectivity index (χ1) is 11.2. The number of para-hydroxylation sites is 2. The van der Waals surface area contributed by atoms with Crippen molar-refractivity contribution in [2.75, 3.05) is 44.6 Å². The first kappa shape index (κ1) is 16.3. The topological polar surface area (TPSA) is 45.1 Å². The number of anilines is 1. The van der Waals surface area contributed by atoms with Crippen LogP contribution in [0.5, 0.6) is 0 Å². The lowest BCUT2D eigenvalue weighted by Gasteiger charge is -2.27. The molecule has 1 aromatic heterocycles. The number of benzene rings is 1. The van der Waals surface area contributed by atoms with Crippen molar-refractivity contribution in [2.24, 2.45) is 5.92 Å². The fourth-order valence-corrected chi connectivity index (χ4v) is 3.08. The summed E-state index contributed by atoms with van der Waals surface area (Å²) in [5.41, 5.74) is 2.32. The number of aryl methyl sites for hydroxylation is 1. The summed E-state index contributed by atoms with van der Waals surface area (Å²) in [6.07, 6.45) is 1.17. The number of rotatable bonds is 7. The molecular formula is C18H29N5. The van der Waals surface area contributed by atoms with E-state index in [1.807, 2.05) is 0 Å². The van der Waals surface area contributed by atoms with Crippen LogP contribution < -0.4 is 10.6 Å². The molecule has 2 heterocycles. The maximum atomic E-state index is 4.79. The van der Waals surface area contributed by atoms with Gasteiger partial charge in [-0.3, -0.25) is 4.90 Å². The molecule has 1 fully saturated rings. The van der Waals surface area contributed by atoms with Crippen LogP contribution in [-0.4, -0.2) is 53.7 Å². The van der Waals surface area contributed by atoms with Crippen molar-refractivity contribution in [3.8, 4) is 0 Å². The molecule has 3 rings (SSSR count). The lowest BCUT2D eigenvalue weighted by molar-refractivity contribution is 0.249. The number of imidazole rings is 1. The molecule has 126 valence electrons. The second-order valence-electron chi connectivity index (χ2n) is 6.78. The van der Waals surface area contributed by atoms with Crippen LogP contribution in [0.25, 0.3) is 11.0 Å². The van der Waals surface area contributed by atoms with Crippen molar-refractivity contribution in [2.45, 2.75) is 26.8 Å². The number of fused-ring (bicyclic) bond motifs is 1. The Labute approximate surface area is 139 Å². The molecule has 23 heavy (non-hydrogen) atoms. The van der Waals surface area contributed by atoms with Crippen molar-refractivity contribution in [3.05, 3.63) is 24.3 Å². The Morgan fingerprint density at radius 3 is 2.74 bits per heavy atom. The molecule has 1 aromatic carbocycles. The van der Waals surface area contributed by atoms with Crippen molar-refractivity contribution >= 4 is 17.0 Å². The summed E-state index contributed by atoms with van der Waals surface area (Å²) in [7, 11) is 0. The average molecular weight is 315 g/mol. The highest BCUT2D eigenvalue weighted by molar-refractivity contribution is 5.78. The summed E-state index contributed by atoms with van der Waals surface area (Å²) < 4.78 is 2.34. The van der Waals surface area contributed by atoms with Gasteiger partial charge in [-0.25, -0.2) is 4.98 Å². The number of nitrogens with one attached hydrogen (secondary N) is 2. The summed E-state index contributed by atoms with van der Waals surface area (Å²) in [5, 5.41) is 6.96. The summed E-state index contributed by atoms with van der Waals surface area (Å²) in [5.74, 6) is 1.71. The first-order valence-corrected chi connectivity index (χ1v) is 8.86. The van der Waals surface area contributed by atoms with E-state index in [0.717, 1.165) is 57.3 Å². The zero-order valence-electron chi connectivity index (χ0n) is 14.4. The van der Waals surface area contributed by atoms with Gasteiger partial charge in [-0.1, -0.05) is 26.0 Å². The van der Waals surface area contributed by atoms with Gasteiger partial charge in [-0.15, -0.1) is 0 Å². The third kappa shape index (κ3) is 4.24. The van der Waals surface area contributed by atoms with Gasteiger partial charge in [-0.05, 0) is 24.5 Å². The van der Waals surface area contributed by atoms with Gasteiger partial charge < -0.3 is 15.2 Å². The number of hydrogen-bond donors (Lipinski definition) is 2. The zero-order valence-corrected chi connectivity index (χ0v) is 14.4. The number of piperazine rings is 1. The third-order valence-electron chi connectivity index (χ3n) is 4.51. The largest absolute Gasteiger partial charge is 0.354 e. The number of hydrogen-bond acceptors (Lipinski definition) is 4. The molecule has 2 N–H and O–H groups in total. The van der Waals surface area contributed by atoms with Crippen LogP contribution in [0.3, 0.4) is 0 Å². The van der Waals surface area contributed by atoms with Crippen molar-refractivity contribution < 1.29 is 0 Å². The summed E-state index contributed by atoms with van der Waals surface area (Å²) in [4.78, 5) is 7.30. The van der Waals surface area contributed by atoms with Gasteiger partial charge in [0, 0.05) is 45.8 Å². The van der Waals surface area contributed by atoms with Gasteiger partial charge in [0.25, 0.3) is 0 Å². The first-order valence-electron chi connectivity index (χ1n) is 8.86. The highest BCUT2D eigenvalue weighted by atomic mass is 15.2. The monoisotopic (exact) mass is 315 g/mol. The molecule has 0 radical (unpaired) electrons. The van der Waals surface area contributed by atoms with Crippen LogP contribution in [0.15, 0.2) is 24.3 Å². The summed E-state index contributed by atoms with van der Waals surface area (Å²) in [6, 6.07) is 8.43. The Bertz CT molecular complexity index is 613. The van der Waals surface area contributed by atoms with Crippen LogP contribution in [0.1, 0.15) is 20.3 Å². The molecule has 0 spiro atoms. The molecule has 0 amide bonds. The Morgan fingerprint density at radius 1 is 1.17 bits per heavy atom. The normalized spacial score (nSPS) is 16.3. The predicted molar refractivity (Wildman–Crippen MR) is 97.0 cm³/mol. The predicted octanol–water partition coefficient (Wildman–Crippen LogP) is 2.40. The van der Waals surface area contributed by atoms with Crippen LogP contribution in [0.2, 0.25) is 0 Å². The van der Waals surface area contributed by atoms with Crippen LogP contribution in [-0.2, 0) is 6.54 Å². The van der Waals surface area contributed by atoms with Gasteiger partial charge in [-0.2, -0.15) is 0 Å². The molecular weight excluding hydrogens is 286 g/mol. The number of aromatic nitrogens is 2. The van der Waals surface area contributed by atoms with Crippen molar-refractivity contribution in [1.29, 1.82) is 0 Å². The number of nitrogens with zero attached hydrogens (tertiary/aromatic N) is 3. The molecule has 5 heteroatoms. The van der Waals surface area contributed by atoms with E-state index >= 15 is 0 Å². The van der Waals surface area contributed by atoms with E-state index in [1.165, 1.54) is 11.9 Å². The molecule has 0 unspecified atom stereocenters. The van der Waals surface area contributed by atoms with E-state index in [0.29, 0.717) is 5.92 Å². The Kier molecular flexibility index (Phi) is 5.51. The van der Waals surface area contributed by atoms with E-state index in [4.69, 9.17) is 4.98 Å². The fourth-order valence-electron chi connectivity index (χ4n) is 3.08. The Hall–Kier alpha value is -1.59. The molecule has 0 aliphatic carbocycles. The molecule has 5 nitrogen and oxygen atoms in total. The summed E-state index contributed by atoms with van der Waals surface area (Å²) in [6.45, 7) is 12.1. The van der Waals surface area contributed by atoms with Gasteiger partial charge in [0.2, 0.25) is 5.95 Å². The van der Waals surface area contributed by atoms with Crippen LogP contribution in [0, 0.1) is 5.92 Å². The fraction of sp³-hybridized carbons (Fsp3) is 0.611. The van der Waals surface area contributed by atoms with E-state index in [2.05, 4.69) is 58.2 Å². The highest BCUT2D eigenvalue weighted by Gasteiger charge is 2.12. The van der Waals surface area contributed by atoms with E-state index in [1.54, 1.807) is 0 Å². The van der Waals surface area contributed by atoms with Gasteiger partial charge in [0.05, 0.1) is 11.0 Å². The van der Waals surface area contributed by atoms with Crippen molar-refractivity contribution in [3.63, 3.8) is 0 Å². The molecule has 1 saturated heterocycles. The lowest BCUT2D eigenvalue weighted by atomic mass is 10.1. The molecule has 0 atom stereocenters. The van der Waals surface area contributed by atoms with Crippen molar-refractivity contribution in [1.82, 2.24) is 19.8 Å². The minimum absolute atomic E-state index is 0.699. The van der Waals surface area contributed by atoms with Gasteiger partial charge in [0.15, 0.2) is 0 Å². The Morgan fingerprint density at radius 2 is 1.96 bits per heavy atom. The summed E-state index contributed by atoms with van der Waals surface area (Å²) >= 11 is 0. The molecule has 2 aromatic rings. The van der Waals surface area contributed by atoms with E-state index < -0.39 is 0 Å². The highest BCUT2D eigenvalue weighted by Crippen LogP contribution is 2.20. The molecule has 1 aliphatic heterocycles. The maximum Gasteiger partial charge on any atom is 0.203 e. The second kappa shape index (κ2) is 7.79. The minimum Gasteiger partial charge on any atom is -0.354 e. The van der Waals surface area contributed by atoms with E-state index in [-0.39, 0.29) is 0 Å². The van der Waals surface area contributed by atoms with Crippen LogP contribution in [0.4, 0.5) is 5.95 Å². The molecule has 0 bridgehead atoms. The lowest BCUT2D eigenvalue weighted by Crippen LogP contribution is -2.45. The SMILES string of the molecule is CC(C)CCn1c(NCCN2CCNCC2)nc2ccccc21. The zero-order chi connectivity index (χ0) is 16.1. The average Bonchev–Trinajstić information content (AvgIpc) is 2.91. The maximum absolute atomic E-state index is 4.79. The van der Waals surface area contributed by atoms with E-state index in [9.17, 15) is 0 Å². The third-order valence-corrected chi connectivity index (χ3v) is 4.51. The molecule has 1 aliphatic rings. The van der Waals surface area contributed by atoms with Gasteiger partial charge in [0.1, 0.15) is 0 Å². The smallest absolute Gasteiger partial charge is 0.203 e. The quantitative estimate of drug-likeness (QED) is 0.823. The van der Waals surface area contributed by atoms with Gasteiger partial charge >= 0.3 is 0 Å². The minimum atomic E-state index is 0.699. The Balaban J connectivity index is 1.66. The standard InChI is InChI=1S/C18H29N5/c1-15(2)7-11-23-17-6-4-3-5-16(17)21-18(23)20-10-14-22-12-8-19-9-13-22/h3-6,15,19H,7-14H2,1-2H3,(H,20,21). The second-order valence-corrected chi connectivity index (χ2v) is 6.78.